The molecule has 0 aliphatic heterocycles. The average Bonchev–Trinajstić information content (AvgIpc) is 2.59. The van der Waals surface area contributed by atoms with E-state index in [1.807, 2.05) is 5.12 Å². The summed E-state index contributed by atoms with van der Waals surface area (Å²) in [4.78, 5) is 11.0. The molecule has 0 spiro atoms. The number of carbonyl (C=O) groups is 1. The molecule has 0 aliphatic rings. The van der Waals surface area contributed by atoms with Gasteiger partial charge in [0.2, 0.25) is 0 Å². The fourth-order valence-corrected chi connectivity index (χ4v) is 2.08. The highest BCUT2D eigenvalue weighted by atomic mass is 35.5. The molecule has 0 heterocycles. The minimum Gasteiger partial charge on any atom is -0.614 e. The van der Waals surface area contributed by atoms with Gasteiger partial charge in [-0.2, -0.15) is 0 Å². The topological polar surface area (TPSA) is 57.7 Å². The molecule has 1 aromatic rings. The largest absolute Gasteiger partial charge is 0.614 e. The Labute approximate surface area is 150 Å². The van der Waals surface area contributed by atoms with Gasteiger partial charge in [0.25, 0.3) is 5.24 Å². The second kappa shape index (κ2) is 13.2. The highest BCUT2D eigenvalue weighted by molar-refractivity contribution is 6.67. The molecule has 0 bridgehead atoms. The van der Waals surface area contributed by atoms with E-state index in [-0.39, 0.29) is 0 Å². The third-order valence-corrected chi connectivity index (χ3v) is 3.62. The van der Waals surface area contributed by atoms with Crippen molar-refractivity contribution in [1.82, 2.24) is 5.12 Å². The van der Waals surface area contributed by atoms with E-state index in [0.29, 0.717) is 12.2 Å². The molecule has 1 rings (SSSR count). The molecule has 0 unspecified atom stereocenters. The van der Waals surface area contributed by atoms with Crippen LogP contribution in [0.25, 0.3) is 10.9 Å². The molecule has 0 saturated heterocycles. The number of rotatable bonds is 14. The van der Waals surface area contributed by atoms with E-state index in [2.05, 4.69) is 24.7 Å². The van der Waals surface area contributed by atoms with Crippen LogP contribution in [0, 0.1) is 0 Å². The van der Waals surface area contributed by atoms with Crippen molar-refractivity contribution in [3.05, 3.63) is 40.7 Å². The maximum absolute atomic E-state index is 11.0. The number of hydrogen-bond acceptors (Lipinski definition) is 3. The van der Waals surface area contributed by atoms with Crippen LogP contribution in [0.4, 0.5) is 0 Å². The fraction of sp³-hybridized carbons (Fsp3) is 0.611. The third-order valence-electron chi connectivity index (χ3n) is 3.40. The zero-order valence-corrected chi connectivity index (χ0v) is 15.5. The summed E-state index contributed by atoms with van der Waals surface area (Å²) in [5, 5.41) is 1.36. The Bertz CT molecular complexity index is 444. The molecule has 0 fully saturated rings. The number of ether oxygens (including phenoxy) is 1. The lowest BCUT2D eigenvalue weighted by molar-refractivity contribution is 0.108. The zero-order chi connectivity index (χ0) is 17.6. The van der Waals surface area contributed by atoms with Crippen molar-refractivity contribution < 1.29 is 9.53 Å². The van der Waals surface area contributed by atoms with Gasteiger partial charge in [0.1, 0.15) is 5.75 Å². The summed E-state index contributed by atoms with van der Waals surface area (Å²) >= 11 is 5.42. The second-order valence-electron chi connectivity index (χ2n) is 5.53. The lowest BCUT2D eigenvalue weighted by atomic mass is 10.2. The van der Waals surface area contributed by atoms with Crippen molar-refractivity contribution in [1.29, 1.82) is 0 Å². The van der Waals surface area contributed by atoms with Crippen LogP contribution < -0.4 is 4.74 Å². The van der Waals surface area contributed by atoms with Gasteiger partial charge >= 0.3 is 0 Å². The lowest BCUT2D eigenvalue weighted by Gasteiger charge is -2.50. The Kier molecular flexibility index (Phi) is 11.5. The van der Waals surface area contributed by atoms with E-state index < -0.39 is 5.24 Å². The second-order valence-corrected chi connectivity index (χ2v) is 5.88. The van der Waals surface area contributed by atoms with Gasteiger partial charge in [-0.3, -0.25) is 4.79 Å². The molecule has 0 atom stereocenters. The molecular weight excluding hydrogens is 326 g/mol. The number of carbonyl (C=O) groups excluding carboxylic acids is 1. The van der Waals surface area contributed by atoms with E-state index in [1.165, 1.54) is 0 Å². The van der Waals surface area contributed by atoms with Crippen LogP contribution in [-0.2, 0) is 0 Å². The van der Waals surface area contributed by atoms with Crippen LogP contribution in [0.3, 0.4) is 0 Å². The molecule has 0 N–H and O–H groups in total. The highest BCUT2D eigenvalue weighted by Gasteiger charge is 2.01. The SMILES string of the molecule is CCCC[N-]N(CCCOc1ccc(C(=O)Cl)cc1)[N-]CCCC. The first kappa shape index (κ1) is 20.9. The van der Waals surface area contributed by atoms with Gasteiger partial charge in [0, 0.05) is 5.56 Å². The molecule has 0 aliphatic carbocycles. The van der Waals surface area contributed by atoms with E-state index >= 15 is 0 Å². The van der Waals surface area contributed by atoms with Crippen molar-refractivity contribution in [2.75, 3.05) is 26.2 Å². The van der Waals surface area contributed by atoms with Crippen molar-refractivity contribution in [2.24, 2.45) is 0 Å². The summed E-state index contributed by atoms with van der Waals surface area (Å²) < 4.78 is 5.68. The molecule has 0 amide bonds. The standard InChI is InChI=1S/C18H28ClN3O2/c1-3-5-12-20-22(21-13-6-4-2)14-7-15-24-17-10-8-16(9-11-17)18(19)23/h8-11H,3-7,12-15H2,1-2H3/q-2. The number of benzene rings is 1. The predicted octanol–water partition coefficient (Wildman–Crippen LogP) is 5.31. The van der Waals surface area contributed by atoms with Gasteiger partial charge in [-0.25, -0.2) is 0 Å². The number of hydrogen-bond donors (Lipinski definition) is 0. The summed E-state index contributed by atoms with van der Waals surface area (Å²) in [5.74, 6) is 0.731. The van der Waals surface area contributed by atoms with Gasteiger partial charge in [0.15, 0.2) is 0 Å². The van der Waals surface area contributed by atoms with Crippen LogP contribution in [0.5, 0.6) is 5.75 Å². The van der Waals surface area contributed by atoms with Gasteiger partial charge < -0.3 is 20.7 Å². The zero-order valence-electron chi connectivity index (χ0n) is 14.7. The molecule has 24 heavy (non-hydrogen) atoms. The summed E-state index contributed by atoms with van der Waals surface area (Å²) in [6.07, 6.45) is 5.28. The lowest BCUT2D eigenvalue weighted by Crippen LogP contribution is -2.19. The van der Waals surface area contributed by atoms with Gasteiger partial charge in [-0.1, -0.05) is 39.5 Å². The number of unbranched alkanes of at least 4 members (excludes halogenated alkanes) is 2. The normalized spacial score (nSPS) is 11.0. The van der Waals surface area contributed by atoms with Crippen molar-refractivity contribution in [3.8, 4) is 5.75 Å². The summed E-state index contributed by atoms with van der Waals surface area (Å²) in [6, 6.07) is 6.84. The van der Waals surface area contributed by atoms with Crippen LogP contribution in [-0.4, -0.2) is 36.6 Å². The molecule has 6 heteroatoms. The summed E-state index contributed by atoms with van der Waals surface area (Å²) in [7, 11) is 0. The molecular formula is C18H28ClN3O2-2. The smallest absolute Gasteiger partial charge is 0.252 e. The minimum absolute atomic E-state index is 0.459. The Morgan fingerprint density at radius 1 is 1.04 bits per heavy atom. The Morgan fingerprint density at radius 2 is 1.62 bits per heavy atom. The first-order chi connectivity index (χ1) is 11.7. The Morgan fingerprint density at radius 3 is 2.12 bits per heavy atom. The van der Waals surface area contributed by atoms with Crippen molar-refractivity contribution in [3.63, 3.8) is 0 Å². The van der Waals surface area contributed by atoms with E-state index in [4.69, 9.17) is 16.3 Å². The monoisotopic (exact) mass is 353 g/mol. The molecule has 0 saturated carbocycles. The molecule has 136 valence electrons. The number of nitrogens with zero attached hydrogens (tertiary/aromatic N) is 3. The highest BCUT2D eigenvalue weighted by Crippen LogP contribution is 2.15. The number of halogens is 1. The Hall–Kier alpha value is -1.14. The predicted molar refractivity (Wildman–Crippen MR) is 99.7 cm³/mol. The molecule has 5 nitrogen and oxygen atoms in total. The van der Waals surface area contributed by atoms with Crippen LogP contribution in [0.1, 0.15) is 56.3 Å². The summed E-state index contributed by atoms with van der Waals surface area (Å²) in [5.41, 5.74) is 9.51. The molecule has 0 aromatic heterocycles. The first-order valence-corrected chi connectivity index (χ1v) is 9.10. The van der Waals surface area contributed by atoms with Crippen molar-refractivity contribution >= 4 is 16.8 Å². The minimum atomic E-state index is -0.459. The van der Waals surface area contributed by atoms with Gasteiger partial charge in [-0.05, 0) is 48.8 Å². The van der Waals surface area contributed by atoms with E-state index in [9.17, 15) is 4.79 Å². The van der Waals surface area contributed by atoms with E-state index in [1.54, 1.807) is 24.3 Å². The fourth-order valence-electron chi connectivity index (χ4n) is 1.95. The Balaban J connectivity index is 2.27. The van der Waals surface area contributed by atoms with Crippen LogP contribution >= 0.6 is 11.6 Å². The van der Waals surface area contributed by atoms with Gasteiger partial charge in [-0.15, -0.1) is 13.1 Å². The molecule has 0 radical (unpaired) electrons. The van der Waals surface area contributed by atoms with Crippen LogP contribution in [0.15, 0.2) is 24.3 Å². The van der Waals surface area contributed by atoms with Gasteiger partial charge in [0.05, 0.1) is 6.61 Å². The van der Waals surface area contributed by atoms with E-state index in [0.717, 1.165) is 57.5 Å². The molecule has 1 aromatic carbocycles. The maximum atomic E-state index is 11.0. The van der Waals surface area contributed by atoms with Crippen molar-refractivity contribution in [2.45, 2.75) is 46.0 Å². The summed E-state index contributed by atoms with van der Waals surface area (Å²) in [6.45, 7) is 7.29. The average molecular weight is 354 g/mol. The third kappa shape index (κ3) is 9.23. The maximum Gasteiger partial charge on any atom is 0.252 e. The first-order valence-electron chi connectivity index (χ1n) is 8.72. The van der Waals surface area contributed by atoms with Crippen LogP contribution in [0.2, 0.25) is 0 Å². The quantitative estimate of drug-likeness (QED) is 0.258.